The molecule has 2 aromatic rings. The number of nitrogens with one attached hydrogen (secondary N) is 1. The molecule has 0 unspecified atom stereocenters. The van der Waals surface area contributed by atoms with Gasteiger partial charge in [0.25, 0.3) is 5.91 Å². The number of rotatable bonds is 4. The highest BCUT2D eigenvalue weighted by atomic mass is 79.9. The number of halogens is 1. The largest absolute Gasteiger partial charge is 0.346 e. The molecule has 0 bridgehead atoms. The fraction of sp³-hybridized carbons (Fsp3) is 0.267. The van der Waals surface area contributed by atoms with Gasteiger partial charge in [-0.2, -0.15) is 0 Å². The number of amides is 1. The topological polar surface area (TPSA) is 54.9 Å². The van der Waals surface area contributed by atoms with Crippen LogP contribution < -0.4 is 5.32 Å². The molecule has 3 rings (SSSR count). The summed E-state index contributed by atoms with van der Waals surface area (Å²) in [6, 6.07) is 9.30. The maximum atomic E-state index is 12.0. The van der Waals surface area contributed by atoms with Gasteiger partial charge in [0, 0.05) is 21.6 Å². The Morgan fingerprint density at radius 1 is 1.30 bits per heavy atom. The zero-order valence-electron chi connectivity index (χ0n) is 10.8. The molecule has 1 aromatic heterocycles. The quantitative estimate of drug-likeness (QED) is 0.936. The van der Waals surface area contributed by atoms with Crippen molar-refractivity contribution in [1.82, 2.24) is 15.3 Å². The molecule has 1 N–H and O–H groups in total. The molecule has 1 aliphatic rings. The van der Waals surface area contributed by atoms with Crippen molar-refractivity contribution in [2.45, 2.75) is 25.3 Å². The molecule has 1 amide bonds. The minimum atomic E-state index is -0.0992. The highest BCUT2D eigenvalue weighted by Crippen LogP contribution is 2.38. The lowest BCUT2D eigenvalue weighted by atomic mass is 10.2. The van der Waals surface area contributed by atoms with Gasteiger partial charge in [-0.1, -0.05) is 22.0 Å². The second-order valence-corrected chi connectivity index (χ2v) is 5.82. The molecule has 1 aromatic carbocycles. The summed E-state index contributed by atoms with van der Waals surface area (Å²) in [4.78, 5) is 20.5. The predicted molar refractivity (Wildman–Crippen MR) is 79.3 cm³/mol. The van der Waals surface area contributed by atoms with E-state index in [4.69, 9.17) is 0 Å². The van der Waals surface area contributed by atoms with Gasteiger partial charge < -0.3 is 5.32 Å². The molecule has 1 saturated carbocycles. The Hall–Kier alpha value is -1.75. The Balaban J connectivity index is 1.64. The second-order valence-electron chi connectivity index (χ2n) is 4.90. The van der Waals surface area contributed by atoms with Crippen LogP contribution in [0.1, 0.15) is 40.5 Å². The molecule has 1 aliphatic carbocycles. The van der Waals surface area contributed by atoms with Gasteiger partial charge in [-0.05, 0) is 37.1 Å². The van der Waals surface area contributed by atoms with Crippen LogP contribution in [0.2, 0.25) is 0 Å². The normalized spacial score (nSPS) is 14.1. The van der Waals surface area contributed by atoms with Crippen LogP contribution in [0.5, 0.6) is 0 Å². The molecule has 20 heavy (non-hydrogen) atoms. The van der Waals surface area contributed by atoms with Crippen molar-refractivity contribution in [3.05, 3.63) is 58.1 Å². The van der Waals surface area contributed by atoms with E-state index in [1.807, 2.05) is 18.2 Å². The van der Waals surface area contributed by atoms with E-state index < -0.39 is 0 Å². The van der Waals surface area contributed by atoms with E-state index in [-0.39, 0.29) is 5.91 Å². The fourth-order valence-electron chi connectivity index (χ4n) is 2.02. The number of carbonyl (C=O) groups is 1. The molecule has 4 nitrogen and oxygen atoms in total. The molecule has 0 aliphatic heterocycles. The van der Waals surface area contributed by atoms with Gasteiger partial charge >= 0.3 is 0 Å². The van der Waals surface area contributed by atoms with Crippen LogP contribution in [0.15, 0.2) is 41.1 Å². The van der Waals surface area contributed by atoms with Gasteiger partial charge in [-0.15, -0.1) is 0 Å². The average Bonchev–Trinajstić information content (AvgIpc) is 3.30. The fourth-order valence-corrected chi connectivity index (χ4v) is 2.42. The van der Waals surface area contributed by atoms with E-state index in [1.54, 1.807) is 18.5 Å². The molecule has 1 fully saturated rings. The van der Waals surface area contributed by atoms with E-state index in [2.05, 4.69) is 31.2 Å². The van der Waals surface area contributed by atoms with E-state index in [9.17, 15) is 4.79 Å². The first kappa shape index (κ1) is 13.2. The van der Waals surface area contributed by atoms with Gasteiger partial charge in [0.15, 0.2) is 0 Å². The zero-order chi connectivity index (χ0) is 13.9. The molecule has 0 radical (unpaired) electrons. The number of nitrogens with zero attached hydrogens (tertiary/aromatic N) is 2. The van der Waals surface area contributed by atoms with E-state index in [0.29, 0.717) is 18.0 Å². The summed E-state index contributed by atoms with van der Waals surface area (Å²) in [6.07, 6.45) is 4.00. The predicted octanol–water partition coefficient (Wildman–Crippen LogP) is 3.05. The maximum absolute atomic E-state index is 12.0. The molecular formula is C15H14BrN3O. The third-order valence-electron chi connectivity index (χ3n) is 3.26. The minimum absolute atomic E-state index is 0.0992. The van der Waals surface area contributed by atoms with Crippen molar-refractivity contribution in [1.29, 1.82) is 0 Å². The van der Waals surface area contributed by atoms with Crippen molar-refractivity contribution in [2.75, 3.05) is 0 Å². The molecular weight excluding hydrogens is 318 g/mol. The third kappa shape index (κ3) is 3.22. The summed E-state index contributed by atoms with van der Waals surface area (Å²) < 4.78 is 0.892. The molecule has 0 spiro atoms. The van der Waals surface area contributed by atoms with E-state index >= 15 is 0 Å². The van der Waals surface area contributed by atoms with Gasteiger partial charge in [0.1, 0.15) is 6.33 Å². The first-order valence-corrected chi connectivity index (χ1v) is 7.36. The third-order valence-corrected chi connectivity index (χ3v) is 3.75. The van der Waals surface area contributed by atoms with Crippen LogP contribution in [-0.4, -0.2) is 15.9 Å². The number of aromatic nitrogens is 2. The molecule has 0 atom stereocenters. The second kappa shape index (κ2) is 5.71. The van der Waals surface area contributed by atoms with Crippen LogP contribution in [0.3, 0.4) is 0 Å². The summed E-state index contributed by atoms with van der Waals surface area (Å²) in [7, 11) is 0. The Bertz CT molecular complexity index is 641. The van der Waals surface area contributed by atoms with E-state index in [1.165, 1.54) is 12.8 Å². The molecule has 5 heteroatoms. The lowest BCUT2D eigenvalue weighted by molar-refractivity contribution is 0.0950. The van der Waals surface area contributed by atoms with Gasteiger partial charge in [0.2, 0.25) is 0 Å². The standard InChI is InChI=1S/C15H14BrN3O/c16-12-3-1-2-11(6-12)15(20)17-8-13-7-14(10-4-5-10)19-9-18-13/h1-3,6-7,9-10H,4-5,8H2,(H,17,20). The first-order valence-electron chi connectivity index (χ1n) is 6.57. The Morgan fingerprint density at radius 2 is 2.15 bits per heavy atom. The molecule has 102 valence electrons. The van der Waals surface area contributed by atoms with E-state index in [0.717, 1.165) is 15.9 Å². The maximum Gasteiger partial charge on any atom is 0.251 e. The number of benzene rings is 1. The van der Waals surface area contributed by atoms with Gasteiger partial charge in [0.05, 0.1) is 12.2 Å². The monoisotopic (exact) mass is 331 g/mol. The van der Waals surface area contributed by atoms with Crippen LogP contribution in [0.25, 0.3) is 0 Å². The highest BCUT2D eigenvalue weighted by Gasteiger charge is 2.25. The lowest BCUT2D eigenvalue weighted by Crippen LogP contribution is -2.23. The van der Waals surface area contributed by atoms with Crippen molar-refractivity contribution >= 4 is 21.8 Å². The van der Waals surface area contributed by atoms with Crippen LogP contribution in [-0.2, 0) is 6.54 Å². The highest BCUT2D eigenvalue weighted by molar-refractivity contribution is 9.10. The Labute approximate surface area is 125 Å². The Kier molecular flexibility index (Phi) is 3.78. The van der Waals surface area contributed by atoms with Crippen LogP contribution in [0.4, 0.5) is 0 Å². The van der Waals surface area contributed by atoms with Crippen molar-refractivity contribution in [3.63, 3.8) is 0 Å². The zero-order valence-corrected chi connectivity index (χ0v) is 12.4. The SMILES string of the molecule is O=C(NCc1cc(C2CC2)ncn1)c1cccc(Br)c1. The number of carbonyl (C=O) groups excluding carboxylic acids is 1. The van der Waals surface area contributed by atoms with Crippen molar-refractivity contribution in [2.24, 2.45) is 0 Å². The summed E-state index contributed by atoms with van der Waals surface area (Å²) >= 11 is 3.36. The minimum Gasteiger partial charge on any atom is -0.346 e. The van der Waals surface area contributed by atoms with Crippen molar-refractivity contribution < 1.29 is 4.79 Å². The summed E-state index contributed by atoms with van der Waals surface area (Å²) in [5.74, 6) is 0.496. The molecule has 1 heterocycles. The Morgan fingerprint density at radius 3 is 2.90 bits per heavy atom. The van der Waals surface area contributed by atoms with Crippen LogP contribution >= 0.6 is 15.9 Å². The lowest BCUT2D eigenvalue weighted by Gasteiger charge is -2.06. The number of hydrogen-bond acceptors (Lipinski definition) is 3. The average molecular weight is 332 g/mol. The summed E-state index contributed by atoms with van der Waals surface area (Å²) in [6.45, 7) is 0.424. The number of hydrogen-bond donors (Lipinski definition) is 1. The van der Waals surface area contributed by atoms with Crippen LogP contribution in [0, 0.1) is 0 Å². The van der Waals surface area contributed by atoms with Gasteiger partial charge in [-0.25, -0.2) is 9.97 Å². The van der Waals surface area contributed by atoms with Crippen molar-refractivity contribution in [3.8, 4) is 0 Å². The summed E-state index contributed by atoms with van der Waals surface area (Å²) in [5.41, 5.74) is 2.58. The smallest absolute Gasteiger partial charge is 0.251 e. The molecule has 0 saturated heterocycles. The summed E-state index contributed by atoms with van der Waals surface area (Å²) in [5, 5.41) is 2.88. The van der Waals surface area contributed by atoms with Gasteiger partial charge in [-0.3, -0.25) is 4.79 Å². The first-order chi connectivity index (χ1) is 9.72.